The number of hydrogen-bond donors (Lipinski definition) is 1. The van der Waals surface area contributed by atoms with Gasteiger partial charge in [-0.15, -0.1) is 0 Å². The van der Waals surface area contributed by atoms with E-state index in [1.54, 1.807) is 6.92 Å². The molecule has 4 nitrogen and oxygen atoms in total. The van der Waals surface area contributed by atoms with Crippen LogP contribution in [0.2, 0.25) is 0 Å². The molecule has 0 bridgehead atoms. The van der Waals surface area contributed by atoms with Gasteiger partial charge in [-0.1, -0.05) is 38.8 Å². The van der Waals surface area contributed by atoms with Crippen molar-refractivity contribution >= 4 is 11.7 Å². The molecule has 1 aromatic rings. The molecule has 0 spiro atoms. The van der Waals surface area contributed by atoms with E-state index < -0.39 is 28.7 Å². The van der Waals surface area contributed by atoms with Gasteiger partial charge in [-0.05, 0) is 19.4 Å². The van der Waals surface area contributed by atoms with Crippen molar-refractivity contribution in [1.29, 1.82) is 0 Å². The maximum absolute atomic E-state index is 14.0. The molecule has 0 aromatic heterocycles. The zero-order chi connectivity index (χ0) is 18.8. The molecule has 1 aliphatic heterocycles. The Morgan fingerprint density at radius 1 is 1.36 bits per heavy atom. The third kappa shape index (κ3) is 3.72. The summed E-state index contributed by atoms with van der Waals surface area (Å²) in [6.07, 6.45) is 2.29. The lowest BCUT2D eigenvalue weighted by molar-refractivity contribution is -0.134. The van der Waals surface area contributed by atoms with Crippen LogP contribution in [0.15, 0.2) is 29.5 Å². The number of benzene rings is 1. The third-order valence-corrected chi connectivity index (χ3v) is 4.68. The molecule has 1 heterocycles. The van der Waals surface area contributed by atoms with E-state index in [2.05, 4.69) is 0 Å². The van der Waals surface area contributed by atoms with Gasteiger partial charge in [0.05, 0.1) is 0 Å². The van der Waals surface area contributed by atoms with Crippen molar-refractivity contribution in [2.75, 3.05) is 6.54 Å². The molecular weight excluding hydrogens is 328 g/mol. The number of unbranched alkanes of at least 4 members (excludes halogenated alkanes) is 1. The smallest absolute Gasteiger partial charge is 0.261 e. The van der Waals surface area contributed by atoms with Crippen LogP contribution in [-0.4, -0.2) is 28.2 Å². The molecule has 1 unspecified atom stereocenters. The van der Waals surface area contributed by atoms with E-state index in [0.717, 1.165) is 18.9 Å². The largest absolute Gasteiger partial charge is 0.511 e. The summed E-state index contributed by atoms with van der Waals surface area (Å²) in [7, 11) is 0. The van der Waals surface area contributed by atoms with Gasteiger partial charge < -0.3 is 10.0 Å². The minimum absolute atomic E-state index is 0.0375. The van der Waals surface area contributed by atoms with Gasteiger partial charge in [0.25, 0.3) is 5.91 Å². The fourth-order valence-electron chi connectivity index (χ4n) is 3.21. The lowest BCUT2D eigenvalue weighted by atomic mass is 9.77. The van der Waals surface area contributed by atoms with Crippen LogP contribution in [0, 0.1) is 17.0 Å². The Balaban J connectivity index is 2.41. The number of carbonyl (C=O) groups is 2. The first-order valence-corrected chi connectivity index (χ1v) is 8.38. The van der Waals surface area contributed by atoms with Crippen molar-refractivity contribution in [3.63, 3.8) is 0 Å². The van der Waals surface area contributed by atoms with Crippen LogP contribution in [0.1, 0.15) is 45.6 Å². The number of carbonyl (C=O) groups excluding carboxylic acids is 2. The molecule has 0 aliphatic carbocycles. The van der Waals surface area contributed by atoms with Crippen LogP contribution < -0.4 is 0 Å². The molecule has 1 amide bonds. The van der Waals surface area contributed by atoms with Gasteiger partial charge in [-0.25, -0.2) is 8.78 Å². The lowest BCUT2D eigenvalue weighted by Crippen LogP contribution is -2.48. The second-order valence-corrected chi connectivity index (χ2v) is 6.82. The van der Waals surface area contributed by atoms with Crippen molar-refractivity contribution in [2.45, 2.75) is 46.6 Å². The molecule has 6 heteroatoms. The maximum Gasteiger partial charge on any atom is 0.261 e. The number of ketones is 1. The Labute approximate surface area is 146 Å². The van der Waals surface area contributed by atoms with Crippen molar-refractivity contribution in [3.05, 3.63) is 46.7 Å². The Hall–Kier alpha value is -2.24. The molecule has 25 heavy (non-hydrogen) atoms. The normalized spacial score (nSPS) is 21.0. The van der Waals surface area contributed by atoms with Crippen molar-refractivity contribution in [2.24, 2.45) is 5.41 Å². The lowest BCUT2D eigenvalue weighted by Gasteiger charge is -2.40. The van der Waals surface area contributed by atoms with E-state index >= 15 is 0 Å². The summed E-state index contributed by atoms with van der Waals surface area (Å²) in [6.45, 7) is 4.99. The fraction of sp³-hybridized carbons (Fsp3) is 0.474. The quantitative estimate of drug-likeness (QED) is 0.791. The van der Waals surface area contributed by atoms with E-state index in [9.17, 15) is 23.5 Å². The topological polar surface area (TPSA) is 57.6 Å². The molecular formula is C19H23F2NO3. The van der Waals surface area contributed by atoms with Gasteiger partial charge in [0.2, 0.25) is 0 Å². The molecule has 1 aromatic carbocycles. The minimum Gasteiger partial charge on any atom is -0.511 e. The highest BCUT2D eigenvalue weighted by atomic mass is 19.2. The molecule has 1 N–H and O–H groups in total. The maximum atomic E-state index is 14.0. The molecule has 2 rings (SSSR count). The number of hydrogen-bond acceptors (Lipinski definition) is 3. The van der Waals surface area contributed by atoms with E-state index in [4.69, 9.17) is 0 Å². The van der Waals surface area contributed by atoms with Gasteiger partial charge in [-0.3, -0.25) is 9.59 Å². The number of Topliss-reactive ketones (excluding diaryl/α,β-unsaturated/α-hetero) is 1. The van der Waals surface area contributed by atoms with Gasteiger partial charge in [0.15, 0.2) is 17.4 Å². The first-order chi connectivity index (χ1) is 11.7. The third-order valence-electron chi connectivity index (χ3n) is 4.68. The van der Waals surface area contributed by atoms with Gasteiger partial charge in [0, 0.05) is 24.1 Å². The zero-order valence-electron chi connectivity index (χ0n) is 14.7. The fourth-order valence-corrected chi connectivity index (χ4v) is 3.21. The van der Waals surface area contributed by atoms with Gasteiger partial charge in [-0.2, -0.15) is 0 Å². The van der Waals surface area contributed by atoms with Crippen LogP contribution in [0.5, 0.6) is 0 Å². The van der Waals surface area contributed by atoms with Crippen molar-refractivity contribution in [3.8, 4) is 0 Å². The standard InChI is InChI=1S/C19H23F2NO3/c1-4-5-9-19(3)11-22(18(25)15(12(2)23)17(19)24)10-13-7-6-8-14(20)16(13)21/h6-8,24H,4-5,9-11H2,1-3H3. The van der Waals surface area contributed by atoms with Gasteiger partial charge in [0.1, 0.15) is 11.3 Å². The SMILES string of the molecule is CCCCC1(C)CN(Cc2cccc(F)c2F)C(=O)C(C(C)=O)=C1O. The highest BCUT2D eigenvalue weighted by molar-refractivity contribution is 6.19. The summed E-state index contributed by atoms with van der Waals surface area (Å²) in [6, 6.07) is 3.79. The van der Waals surface area contributed by atoms with E-state index in [-0.39, 0.29) is 30.0 Å². The molecule has 1 atom stereocenters. The first-order valence-electron chi connectivity index (χ1n) is 8.38. The number of aliphatic hydroxyl groups is 1. The molecule has 0 saturated heterocycles. The molecule has 0 fully saturated rings. The Morgan fingerprint density at radius 2 is 2.04 bits per heavy atom. The predicted molar refractivity (Wildman–Crippen MR) is 89.7 cm³/mol. The van der Waals surface area contributed by atoms with E-state index in [1.807, 2.05) is 6.92 Å². The number of amides is 1. The summed E-state index contributed by atoms with van der Waals surface area (Å²) in [5, 5.41) is 10.5. The summed E-state index contributed by atoms with van der Waals surface area (Å²) < 4.78 is 27.4. The zero-order valence-corrected chi connectivity index (χ0v) is 14.7. The van der Waals surface area contributed by atoms with Gasteiger partial charge >= 0.3 is 0 Å². The van der Waals surface area contributed by atoms with Crippen molar-refractivity contribution in [1.82, 2.24) is 4.90 Å². The van der Waals surface area contributed by atoms with Crippen LogP contribution >= 0.6 is 0 Å². The van der Waals surface area contributed by atoms with Crippen LogP contribution in [-0.2, 0) is 16.1 Å². The Bertz CT molecular complexity index is 729. The Kier molecular flexibility index (Phi) is 5.60. The molecule has 0 radical (unpaired) electrons. The van der Waals surface area contributed by atoms with Crippen LogP contribution in [0.25, 0.3) is 0 Å². The number of rotatable bonds is 6. The summed E-state index contributed by atoms with van der Waals surface area (Å²) in [5.41, 5.74) is -1.01. The average Bonchev–Trinajstić information content (AvgIpc) is 2.55. The van der Waals surface area contributed by atoms with Crippen LogP contribution in [0.4, 0.5) is 8.78 Å². The molecule has 136 valence electrons. The minimum atomic E-state index is -1.01. The average molecular weight is 351 g/mol. The number of halogens is 2. The second-order valence-electron chi connectivity index (χ2n) is 6.82. The summed E-state index contributed by atoms with van der Waals surface area (Å²) in [4.78, 5) is 25.8. The first kappa shape index (κ1) is 19.1. The van der Waals surface area contributed by atoms with E-state index in [1.165, 1.54) is 24.0 Å². The molecule has 0 saturated carbocycles. The molecule has 1 aliphatic rings. The predicted octanol–water partition coefficient (Wildman–Crippen LogP) is 3.90. The summed E-state index contributed by atoms with van der Waals surface area (Å²) in [5.74, 6) is -3.37. The monoisotopic (exact) mass is 351 g/mol. The second kappa shape index (κ2) is 7.33. The highest BCUT2D eigenvalue weighted by Gasteiger charge is 2.43. The summed E-state index contributed by atoms with van der Waals surface area (Å²) >= 11 is 0. The van der Waals surface area contributed by atoms with Crippen LogP contribution in [0.3, 0.4) is 0 Å². The number of aliphatic hydroxyl groups excluding tert-OH is 1. The van der Waals surface area contributed by atoms with Crippen molar-refractivity contribution < 1.29 is 23.5 Å². The highest BCUT2D eigenvalue weighted by Crippen LogP contribution is 2.39. The number of nitrogens with zero attached hydrogens (tertiary/aromatic N) is 1. The van der Waals surface area contributed by atoms with E-state index in [0.29, 0.717) is 6.42 Å². The Morgan fingerprint density at radius 3 is 2.64 bits per heavy atom.